The Kier molecular flexibility index (Phi) is 5.95. The van der Waals surface area contributed by atoms with Gasteiger partial charge in [-0.15, -0.1) is 0 Å². The highest BCUT2D eigenvalue weighted by Crippen LogP contribution is 2.20. The van der Waals surface area contributed by atoms with Crippen molar-refractivity contribution in [2.24, 2.45) is 0 Å². The fraction of sp³-hybridized carbons (Fsp3) is 0.263. The molecular formula is C19H22N2O3. The molecule has 2 aromatic rings. The van der Waals surface area contributed by atoms with E-state index in [1.165, 1.54) is 6.92 Å². The van der Waals surface area contributed by atoms with E-state index in [1.54, 1.807) is 12.1 Å². The molecule has 0 aliphatic heterocycles. The number of carbonyl (C=O) groups is 2. The molecule has 0 aliphatic rings. The lowest BCUT2D eigenvalue weighted by Gasteiger charge is -2.11. The summed E-state index contributed by atoms with van der Waals surface area (Å²) < 4.78 is 5.52. The highest BCUT2D eigenvalue weighted by molar-refractivity contribution is 5.94. The summed E-state index contributed by atoms with van der Waals surface area (Å²) in [7, 11) is 0. The number of ether oxygens (including phenoxy) is 1. The van der Waals surface area contributed by atoms with Crippen LogP contribution in [-0.2, 0) is 16.0 Å². The van der Waals surface area contributed by atoms with Crippen molar-refractivity contribution >= 4 is 23.2 Å². The number of amides is 2. The summed E-state index contributed by atoms with van der Waals surface area (Å²) in [5, 5.41) is 5.50. The molecule has 0 saturated carbocycles. The van der Waals surface area contributed by atoms with Crippen LogP contribution in [0.15, 0.2) is 42.5 Å². The van der Waals surface area contributed by atoms with E-state index in [9.17, 15) is 9.59 Å². The lowest BCUT2D eigenvalue weighted by Crippen LogP contribution is -2.20. The second-order valence-corrected chi connectivity index (χ2v) is 5.55. The van der Waals surface area contributed by atoms with Crippen LogP contribution in [0.3, 0.4) is 0 Å². The van der Waals surface area contributed by atoms with Crippen LogP contribution in [0.25, 0.3) is 0 Å². The fourth-order valence-corrected chi connectivity index (χ4v) is 2.23. The lowest BCUT2D eigenvalue weighted by molar-refractivity contribution is -0.118. The monoisotopic (exact) mass is 326 g/mol. The van der Waals surface area contributed by atoms with E-state index in [0.717, 1.165) is 17.5 Å². The van der Waals surface area contributed by atoms with Crippen LogP contribution in [0.1, 0.15) is 25.0 Å². The molecule has 0 aliphatic carbocycles. The van der Waals surface area contributed by atoms with E-state index >= 15 is 0 Å². The predicted octanol–water partition coefficient (Wildman–Crippen LogP) is 3.53. The standard InChI is InChI=1S/C19H22N2O3/c1-4-15-6-5-7-17(10-15)24-12-19(23)21-16-9-8-13(2)18(11-16)20-14(3)22/h5-11H,4,12H2,1-3H3,(H,20,22)(H,21,23). The van der Waals surface area contributed by atoms with Crippen LogP contribution in [0.5, 0.6) is 5.75 Å². The van der Waals surface area contributed by atoms with Gasteiger partial charge < -0.3 is 15.4 Å². The van der Waals surface area contributed by atoms with Gasteiger partial charge in [0.1, 0.15) is 5.75 Å². The van der Waals surface area contributed by atoms with Crippen LogP contribution in [-0.4, -0.2) is 18.4 Å². The van der Waals surface area contributed by atoms with Crippen molar-refractivity contribution in [1.82, 2.24) is 0 Å². The molecule has 0 radical (unpaired) electrons. The summed E-state index contributed by atoms with van der Waals surface area (Å²) in [6.07, 6.45) is 0.915. The van der Waals surface area contributed by atoms with Crippen molar-refractivity contribution in [3.8, 4) is 5.75 Å². The zero-order valence-electron chi connectivity index (χ0n) is 14.2. The molecule has 0 saturated heterocycles. The largest absolute Gasteiger partial charge is 0.484 e. The summed E-state index contributed by atoms with van der Waals surface area (Å²) in [5.74, 6) is 0.266. The van der Waals surface area contributed by atoms with Crippen LogP contribution >= 0.6 is 0 Å². The van der Waals surface area contributed by atoms with Crippen molar-refractivity contribution in [3.05, 3.63) is 53.6 Å². The maximum absolute atomic E-state index is 12.0. The normalized spacial score (nSPS) is 10.1. The minimum atomic E-state index is -0.255. The van der Waals surface area contributed by atoms with Gasteiger partial charge in [0.15, 0.2) is 6.61 Å². The van der Waals surface area contributed by atoms with E-state index < -0.39 is 0 Å². The molecule has 0 heterocycles. The second kappa shape index (κ2) is 8.15. The molecule has 2 amide bonds. The van der Waals surface area contributed by atoms with Gasteiger partial charge in [-0.25, -0.2) is 0 Å². The Morgan fingerprint density at radius 3 is 2.58 bits per heavy atom. The van der Waals surface area contributed by atoms with E-state index in [0.29, 0.717) is 17.1 Å². The molecule has 2 aromatic carbocycles. The van der Waals surface area contributed by atoms with Gasteiger partial charge in [0.2, 0.25) is 5.91 Å². The van der Waals surface area contributed by atoms with Crippen molar-refractivity contribution in [2.45, 2.75) is 27.2 Å². The Hall–Kier alpha value is -2.82. The Labute approximate surface area is 142 Å². The van der Waals surface area contributed by atoms with E-state index in [2.05, 4.69) is 17.6 Å². The van der Waals surface area contributed by atoms with Gasteiger partial charge in [-0.05, 0) is 48.7 Å². The van der Waals surface area contributed by atoms with Gasteiger partial charge in [-0.1, -0.05) is 25.1 Å². The number of aryl methyl sites for hydroxylation is 2. The summed E-state index contributed by atoms with van der Waals surface area (Å²) in [6.45, 7) is 5.33. The fourth-order valence-electron chi connectivity index (χ4n) is 2.23. The average Bonchev–Trinajstić information content (AvgIpc) is 2.56. The first-order valence-electron chi connectivity index (χ1n) is 7.87. The first kappa shape index (κ1) is 17.5. The summed E-state index contributed by atoms with van der Waals surface area (Å²) in [6, 6.07) is 13.0. The van der Waals surface area contributed by atoms with Gasteiger partial charge >= 0.3 is 0 Å². The summed E-state index contributed by atoms with van der Waals surface area (Å²) >= 11 is 0. The number of rotatable bonds is 6. The number of hydrogen-bond donors (Lipinski definition) is 2. The molecule has 0 bridgehead atoms. The molecule has 0 unspecified atom stereocenters. The molecule has 126 valence electrons. The van der Waals surface area contributed by atoms with Crippen molar-refractivity contribution in [1.29, 1.82) is 0 Å². The first-order valence-corrected chi connectivity index (χ1v) is 7.87. The summed E-state index contributed by atoms with van der Waals surface area (Å²) in [4.78, 5) is 23.2. The quantitative estimate of drug-likeness (QED) is 0.853. The van der Waals surface area contributed by atoms with Crippen LogP contribution < -0.4 is 15.4 Å². The lowest BCUT2D eigenvalue weighted by atomic mass is 10.1. The molecule has 2 N–H and O–H groups in total. The maximum atomic E-state index is 12.0. The molecule has 24 heavy (non-hydrogen) atoms. The number of carbonyl (C=O) groups excluding carboxylic acids is 2. The third-order valence-corrected chi connectivity index (χ3v) is 3.51. The van der Waals surface area contributed by atoms with Gasteiger partial charge in [0.05, 0.1) is 0 Å². The Bertz CT molecular complexity index is 741. The minimum absolute atomic E-state index is 0.0729. The number of benzene rings is 2. The third-order valence-electron chi connectivity index (χ3n) is 3.51. The average molecular weight is 326 g/mol. The zero-order valence-corrected chi connectivity index (χ0v) is 14.2. The van der Waals surface area contributed by atoms with Gasteiger partial charge in [-0.3, -0.25) is 9.59 Å². The molecule has 0 spiro atoms. The minimum Gasteiger partial charge on any atom is -0.484 e. The Morgan fingerprint density at radius 2 is 1.88 bits per heavy atom. The van der Waals surface area contributed by atoms with Gasteiger partial charge in [0, 0.05) is 18.3 Å². The van der Waals surface area contributed by atoms with Crippen molar-refractivity contribution in [2.75, 3.05) is 17.2 Å². The highest BCUT2D eigenvalue weighted by Gasteiger charge is 2.07. The molecule has 5 nitrogen and oxygen atoms in total. The predicted molar refractivity (Wildman–Crippen MR) is 95.4 cm³/mol. The van der Waals surface area contributed by atoms with Crippen molar-refractivity contribution in [3.63, 3.8) is 0 Å². The molecule has 0 atom stereocenters. The van der Waals surface area contributed by atoms with E-state index in [4.69, 9.17) is 4.74 Å². The van der Waals surface area contributed by atoms with E-state index in [-0.39, 0.29) is 18.4 Å². The van der Waals surface area contributed by atoms with E-state index in [1.807, 2.05) is 37.3 Å². The second-order valence-electron chi connectivity index (χ2n) is 5.55. The van der Waals surface area contributed by atoms with Crippen LogP contribution in [0, 0.1) is 6.92 Å². The number of anilines is 2. The van der Waals surface area contributed by atoms with Gasteiger partial charge in [0.25, 0.3) is 5.91 Å². The third kappa shape index (κ3) is 5.12. The molecular weight excluding hydrogens is 304 g/mol. The SMILES string of the molecule is CCc1cccc(OCC(=O)Nc2ccc(C)c(NC(C)=O)c2)c1. The Morgan fingerprint density at radius 1 is 1.08 bits per heavy atom. The van der Waals surface area contributed by atoms with Crippen LogP contribution in [0.4, 0.5) is 11.4 Å². The molecule has 0 aromatic heterocycles. The first-order chi connectivity index (χ1) is 11.5. The van der Waals surface area contributed by atoms with Crippen LogP contribution in [0.2, 0.25) is 0 Å². The Balaban J connectivity index is 1.95. The zero-order chi connectivity index (χ0) is 17.5. The maximum Gasteiger partial charge on any atom is 0.262 e. The number of hydrogen-bond acceptors (Lipinski definition) is 3. The van der Waals surface area contributed by atoms with Gasteiger partial charge in [-0.2, -0.15) is 0 Å². The summed E-state index contributed by atoms with van der Waals surface area (Å²) in [5.41, 5.74) is 3.37. The highest BCUT2D eigenvalue weighted by atomic mass is 16.5. The van der Waals surface area contributed by atoms with Crippen molar-refractivity contribution < 1.29 is 14.3 Å². The molecule has 0 fully saturated rings. The number of nitrogens with one attached hydrogen (secondary N) is 2. The topological polar surface area (TPSA) is 67.4 Å². The smallest absolute Gasteiger partial charge is 0.262 e. The molecule has 2 rings (SSSR count). The molecule has 5 heteroatoms.